The average Bonchev–Trinajstić information content (AvgIpc) is 2.66. The molecule has 7 heteroatoms. The van der Waals surface area contributed by atoms with Gasteiger partial charge in [-0.25, -0.2) is 4.79 Å². The molecule has 0 saturated heterocycles. The van der Waals surface area contributed by atoms with Gasteiger partial charge in [0.15, 0.2) is 5.78 Å². The first-order chi connectivity index (χ1) is 14.1. The largest absolute Gasteiger partial charge is 0.507 e. The summed E-state index contributed by atoms with van der Waals surface area (Å²) in [7, 11) is 0. The third kappa shape index (κ3) is 6.76. The van der Waals surface area contributed by atoms with E-state index in [1.807, 2.05) is 20.8 Å². The maximum absolute atomic E-state index is 12.4. The number of pyridine rings is 1. The fraction of sp³-hybridized carbons (Fsp3) is 0.435. The highest BCUT2D eigenvalue weighted by molar-refractivity contribution is 5.99. The number of benzene rings is 1. The molecule has 1 aromatic heterocycles. The second-order valence-electron chi connectivity index (χ2n) is 8.36. The van der Waals surface area contributed by atoms with Gasteiger partial charge in [0, 0.05) is 18.2 Å². The zero-order valence-corrected chi connectivity index (χ0v) is 17.9. The monoisotopic (exact) mass is 415 g/mol. The number of Topliss-reactive ketones (excluding diaryl/α,β-unsaturated/α-hetero) is 1. The Labute approximate surface area is 176 Å². The summed E-state index contributed by atoms with van der Waals surface area (Å²) in [6.45, 7) is 8.50. The quantitative estimate of drug-likeness (QED) is 0.430. The van der Waals surface area contributed by atoms with Gasteiger partial charge < -0.3 is 19.7 Å². The van der Waals surface area contributed by atoms with Gasteiger partial charge >= 0.3 is 5.97 Å². The van der Waals surface area contributed by atoms with Crippen LogP contribution in [0.5, 0.6) is 17.2 Å². The van der Waals surface area contributed by atoms with Crippen molar-refractivity contribution in [3.63, 3.8) is 0 Å². The molecular weight excluding hydrogens is 386 g/mol. The summed E-state index contributed by atoms with van der Waals surface area (Å²) in [5.41, 5.74) is 0.790. The average molecular weight is 415 g/mol. The van der Waals surface area contributed by atoms with E-state index in [2.05, 4.69) is 4.98 Å². The number of rotatable bonds is 10. The minimum Gasteiger partial charge on any atom is -0.507 e. The zero-order chi connectivity index (χ0) is 22.3. The Bertz CT molecular complexity index is 901. The van der Waals surface area contributed by atoms with Crippen molar-refractivity contribution < 1.29 is 29.3 Å². The number of phenolic OH excluding ortho intramolecular Hbond substituents is 1. The summed E-state index contributed by atoms with van der Waals surface area (Å²) >= 11 is 0. The van der Waals surface area contributed by atoms with Crippen LogP contribution in [0, 0.1) is 12.3 Å². The molecule has 0 unspecified atom stereocenters. The van der Waals surface area contributed by atoms with Crippen molar-refractivity contribution in [1.82, 2.24) is 4.98 Å². The number of ketones is 1. The number of carbonyl (C=O) groups is 2. The third-order valence-corrected chi connectivity index (χ3v) is 4.40. The van der Waals surface area contributed by atoms with Gasteiger partial charge in [0.2, 0.25) is 0 Å². The van der Waals surface area contributed by atoms with Gasteiger partial charge in [-0.1, -0.05) is 20.8 Å². The van der Waals surface area contributed by atoms with E-state index in [0.29, 0.717) is 55.1 Å². The van der Waals surface area contributed by atoms with Gasteiger partial charge in [0.05, 0.1) is 30.5 Å². The molecule has 0 aliphatic carbocycles. The molecule has 0 fully saturated rings. The van der Waals surface area contributed by atoms with Gasteiger partial charge in [-0.15, -0.1) is 0 Å². The maximum Gasteiger partial charge on any atom is 0.337 e. The Morgan fingerprint density at radius 2 is 1.73 bits per heavy atom. The molecule has 2 aromatic rings. The molecule has 1 aromatic carbocycles. The summed E-state index contributed by atoms with van der Waals surface area (Å²) < 4.78 is 11.3. The van der Waals surface area contributed by atoms with Crippen LogP contribution in [0.4, 0.5) is 0 Å². The van der Waals surface area contributed by atoms with Crippen molar-refractivity contribution in [3.8, 4) is 17.2 Å². The molecule has 7 nitrogen and oxygen atoms in total. The summed E-state index contributed by atoms with van der Waals surface area (Å²) in [6.07, 6.45) is 4.49. The minimum atomic E-state index is -1.05. The van der Waals surface area contributed by atoms with Gasteiger partial charge in [-0.2, -0.15) is 0 Å². The molecule has 0 aliphatic heterocycles. The lowest BCUT2D eigenvalue weighted by Crippen LogP contribution is -2.13. The van der Waals surface area contributed by atoms with E-state index in [0.717, 1.165) is 0 Å². The standard InChI is InChI=1S/C23H29NO6/c1-15-20(8-7-18(21(15)26)19(25)12-23(2,3)4)30-10-6-5-9-29-17-11-16(22(27)28)13-24-14-17/h7-8,11,13-14,26H,5-6,9-10,12H2,1-4H3,(H,27,28). The molecule has 2 N–H and O–H groups in total. The Morgan fingerprint density at radius 3 is 2.37 bits per heavy atom. The van der Waals surface area contributed by atoms with Crippen LogP contribution in [0.2, 0.25) is 0 Å². The number of aromatic hydroxyl groups is 1. The van der Waals surface area contributed by atoms with E-state index in [4.69, 9.17) is 14.6 Å². The van der Waals surface area contributed by atoms with Crippen LogP contribution >= 0.6 is 0 Å². The van der Waals surface area contributed by atoms with Gasteiger partial charge in [-0.05, 0) is 43.4 Å². The number of aromatic nitrogens is 1. The molecule has 0 saturated carbocycles. The van der Waals surface area contributed by atoms with Gasteiger partial charge in [0.1, 0.15) is 17.2 Å². The number of hydrogen-bond acceptors (Lipinski definition) is 6. The molecule has 1 heterocycles. The first-order valence-corrected chi connectivity index (χ1v) is 9.88. The molecular formula is C23H29NO6. The highest BCUT2D eigenvalue weighted by Crippen LogP contribution is 2.33. The number of hydrogen-bond donors (Lipinski definition) is 2. The zero-order valence-electron chi connectivity index (χ0n) is 17.9. The molecule has 0 spiro atoms. The highest BCUT2D eigenvalue weighted by Gasteiger charge is 2.21. The number of aromatic carboxylic acids is 1. The molecule has 0 aliphatic rings. The molecule has 0 amide bonds. The van der Waals surface area contributed by atoms with Crippen LogP contribution in [-0.2, 0) is 0 Å². The Morgan fingerprint density at radius 1 is 1.07 bits per heavy atom. The van der Waals surface area contributed by atoms with E-state index in [1.54, 1.807) is 19.1 Å². The lowest BCUT2D eigenvalue weighted by Gasteiger charge is -2.18. The summed E-state index contributed by atoms with van der Waals surface area (Å²) in [4.78, 5) is 27.2. The van der Waals surface area contributed by atoms with E-state index in [-0.39, 0.29) is 22.5 Å². The van der Waals surface area contributed by atoms with Crippen molar-refractivity contribution >= 4 is 11.8 Å². The minimum absolute atomic E-state index is 0.0316. The second kappa shape index (κ2) is 10.1. The number of unbranched alkanes of at least 4 members (excludes halogenated alkanes) is 1. The van der Waals surface area contributed by atoms with Crippen LogP contribution in [0.1, 0.15) is 66.3 Å². The normalized spacial score (nSPS) is 11.2. The molecule has 0 bridgehead atoms. The maximum atomic E-state index is 12.4. The molecule has 162 valence electrons. The summed E-state index contributed by atoms with van der Waals surface area (Å²) in [6, 6.07) is 4.75. The predicted octanol–water partition coefficient (Wildman–Crippen LogP) is 4.65. The number of ether oxygens (including phenoxy) is 2. The van der Waals surface area contributed by atoms with Crippen LogP contribution in [0.15, 0.2) is 30.6 Å². The summed E-state index contributed by atoms with van der Waals surface area (Å²) in [5, 5.41) is 19.4. The number of carboxylic acid groups (broad SMARTS) is 1. The molecule has 30 heavy (non-hydrogen) atoms. The van der Waals surface area contributed by atoms with Crippen LogP contribution in [-0.4, -0.2) is 40.2 Å². The predicted molar refractivity (Wildman–Crippen MR) is 113 cm³/mol. The topological polar surface area (TPSA) is 106 Å². The third-order valence-electron chi connectivity index (χ3n) is 4.40. The number of carbonyl (C=O) groups excluding carboxylic acids is 1. The van der Waals surface area contributed by atoms with E-state index >= 15 is 0 Å². The second-order valence-corrected chi connectivity index (χ2v) is 8.36. The lowest BCUT2D eigenvalue weighted by atomic mass is 9.87. The van der Waals surface area contributed by atoms with Crippen molar-refractivity contribution in [2.24, 2.45) is 5.41 Å². The van der Waals surface area contributed by atoms with Crippen LogP contribution in [0.25, 0.3) is 0 Å². The van der Waals surface area contributed by atoms with Crippen molar-refractivity contribution in [3.05, 3.63) is 47.3 Å². The summed E-state index contributed by atoms with van der Waals surface area (Å²) in [5.74, 6) is -0.221. The fourth-order valence-electron chi connectivity index (χ4n) is 2.83. The van der Waals surface area contributed by atoms with E-state index in [9.17, 15) is 14.7 Å². The SMILES string of the molecule is Cc1c(OCCCCOc2cncc(C(=O)O)c2)ccc(C(=O)CC(C)(C)C)c1O. The fourth-order valence-corrected chi connectivity index (χ4v) is 2.83. The Kier molecular flexibility index (Phi) is 7.80. The van der Waals surface area contributed by atoms with Crippen molar-refractivity contribution in [2.45, 2.75) is 47.0 Å². The smallest absolute Gasteiger partial charge is 0.337 e. The van der Waals surface area contributed by atoms with Crippen molar-refractivity contribution in [2.75, 3.05) is 13.2 Å². The van der Waals surface area contributed by atoms with E-state index in [1.165, 1.54) is 18.5 Å². The lowest BCUT2D eigenvalue weighted by molar-refractivity contribution is 0.0695. The Balaban J connectivity index is 1.81. The van der Waals surface area contributed by atoms with Gasteiger partial charge in [0.25, 0.3) is 0 Å². The molecule has 2 rings (SSSR count). The first kappa shape index (κ1) is 23.2. The number of phenols is 1. The van der Waals surface area contributed by atoms with Crippen LogP contribution in [0.3, 0.4) is 0 Å². The van der Waals surface area contributed by atoms with Gasteiger partial charge in [-0.3, -0.25) is 9.78 Å². The molecule has 0 radical (unpaired) electrons. The Hall–Kier alpha value is -3.09. The first-order valence-electron chi connectivity index (χ1n) is 9.88. The van der Waals surface area contributed by atoms with Crippen molar-refractivity contribution in [1.29, 1.82) is 0 Å². The van der Waals surface area contributed by atoms with Crippen LogP contribution < -0.4 is 9.47 Å². The number of nitrogens with zero attached hydrogens (tertiary/aromatic N) is 1. The molecule has 0 atom stereocenters. The number of carboxylic acids is 1. The van der Waals surface area contributed by atoms with E-state index < -0.39 is 5.97 Å². The highest BCUT2D eigenvalue weighted by atomic mass is 16.5.